The van der Waals surface area contributed by atoms with Gasteiger partial charge in [0.25, 0.3) is 0 Å². The Hall–Kier alpha value is -3.12. The van der Waals surface area contributed by atoms with E-state index in [-0.39, 0.29) is 5.82 Å². The van der Waals surface area contributed by atoms with Crippen molar-refractivity contribution < 1.29 is 9.13 Å². The van der Waals surface area contributed by atoms with Gasteiger partial charge in [-0.3, -0.25) is 0 Å². The lowest BCUT2D eigenvalue weighted by atomic mass is 10.0. The number of H-pyrrole nitrogens is 1. The number of aromatic amines is 1. The summed E-state index contributed by atoms with van der Waals surface area (Å²) in [4.78, 5) is 13.1. The molecule has 30 heavy (non-hydrogen) atoms. The van der Waals surface area contributed by atoms with E-state index in [1.54, 1.807) is 6.07 Å². The molecule has 0 saturated carbocycles. The van der Waals surface area contributed by atoms with Gasteiger partial charge in [-0.2, -0.15) is 0 Å². The van der Waals surface area contributed by atoms with E-state index in [1.807, 2.05) is 6.07 Å². The number of fused-ring (bicyclic) bond motifs is 4. The number of benzene rings is 2. The molecule has 4 aromatic rings. The fraction of sp³-hybridized carbons (Fsp3) is 0.292. The Morgan fingerprint density at radius 2 is 1.80 bits per heavy atom. The Bertz CT molecular complexity index is 1240. The highest BCUT2D eigenvalue weighted by molar-refractivity contribution is 5.87. The number of aromatic nitrogens is 2. The van der Waals surface area contributed by atoms with Crippen LogP contribution in [0, 0.1) is 5.82 Å². The Morgan fingerprint density at radius 1 is 0.933 bits per heavy atom. The number of nitrogens with zero attached hydrogens (tertiary/aromatic N) is 3. The molecule has 4 heterocycles. The molecule has 0 spiro atoms. The van der Waals surface area contributed by atoms with Crippen LogP contribution in [0.15, 0.2) is 48.5 Å². The second-order valence-electron chi connectivity index (χ2n) is 8.09. The van der Waals surface area contributed by atoms with Crippen LogP contribution in [0.4, 0.5) is 15.9 Å². The zero-order valence-corrected chi connectivity index (χ0v) is 16.7. The predicted molar refractivity (Wildman–Crippen MR) is 118 cm³/mol. The van der Waals surface area contributed by atoms with Crippen molar-refractivity contribution in [2.45, 2.75) is 13.0 Å². The molecule has 5 nitrogen and oxygen atoms in total. The SMILES string of the molecule is Fc1ccc2[nH]c3c(c2c1)CN(c1ccc2ccc(N4CCOCC4)nc2c1)CC3. The molecule has 2 aliphatic rings. The maximum absolute atomic E-state index is 13.8. The minimum atomic E-state index is -0.188. The molecular weight excluding hydrogens is 379 g/mol. The summed E-state index contributed by atoms with van der Waals surface area (Å²) in [7, 11) is 0. The van der Waals surface area contributed by atoms with E-state index in [2.05, 4.69) is 45.1 Å². The zero-order valence-electron chi connectivity index (χ0n) is 16.7. The molecule has 2 aromatic heterocycles. The highest BCUT2D eigenvalue weighted by Crippen LogP contribution is 2.32. The standard InChI is InChI=1S/C24H23FN4O/c25-17-3-5-21-19(13-17)20-15-29(8-7-22(20)26-21)18-4-1-16-2-6-24(27-23(16)14-18)28-9-11-30-12-10-28/h1-6,13-14,26H,7-12,15H2. The van der Waals surface area contributed by atoms with Gasteiger partial charge in [-0.25, -0.2) is 9.37 Å². The van der Waals surface area contributed by atoms with Crippen LogP contribution in [0.2, 0.25) is 0 Å². The summed E-state index contributed by atoms with van der Waals surface area (Å²) in [5, 5.41) is 2.13. The third kappa shape index (κ3) is 2.99. The molecule has 6 rings (SSSR count). The summed E-state index contributed by atoms with van der Waals surface area (Å²) < 4.78 is 19.3. The first-order chi connectivity index (χ1) is 14.7. The van der Waals surface area contributed by atoms with Crippen LogP contribution in [0.3, 0.4) is 0 Å². The topological polar surface area (TPSA) is 44.4 Å². The second kappa shape index (κ2) is 6.99. The third-order valence-electron chi connectivity index (χ3n) is 6.30. The number of anilines is 2. The molecule has 1 N–H and O–H groups in total. The third-order valence-corrected chi connectivity index (χ3v) is 6.30. The molecule has 0 radical (unpaired) electrons. The lowest BCUT2D eigenvalue weighted by Crippen LogP contribution is -2.36. The quantitative estimate of drug-likeness (QED) is 0.544. The summed E-state index contributed by atoms with van der Waals surface area (Å²) >= 11 is 0. The van der Waals surface area contributed by atoms with E-state index >= 15 is 0 Å². The van der Waals surface area contributed by atoms with Crippen LogP contribution >= 0.6 is 0 Å². The van der Waals surface area contributed by atoms with Crippen molar-refractivity contribution in [1.82, 2.24) is 9.97 Å². The molecule has 1 saturated heterocycles. The molecule has 2 aliphatic heterocycles. The van der Waals surface area contributed by atoms with Crippen LogP contribution in [0.1, 0.15) is 11.3 Å². The van der Waals surface area contributed by atoms with Gasteiger partial charge in [-0.1, -0.05) is 6.07 Å². The van der Waals surface area contributed by atoms with Crippen LogP contribution in [-0.2, 0) is 17.7 Å². The van der Waals surface area contributed by atoms with Crippen molar-refractivity contribution >= 4 is 33.3 Å². The Morgan fingerprint density at radius 3 is 2.70 bits per heavy atom. The minimum absolute atomic E-state index is 0.188. The van der Waals surface area contributed by atoms with E-state index in [0.717, 1.165) is 79.1 Å². The van der Waals surface area contributed by atoms with Crippen LogP contribution in [-0.4, -0.2) is 42.8 Å². The second-order valence-corrected chi connectivity index (χ2v) is 8.09. The average molecular weight is 402 g/mol. The molecule has 0 amide bonds. The predicted octanol–water partition coefficient (Wildman–Crippen LogP) is 4.25. The summed E-state index contributed by atoms with van der Waals surface area (Å²) in [5.41, 5.74) is 5.60. The van der Waals surface area contributed by atoms with E-state index in [4.69, 9.17) is 9.72 Å². The van der Waals surface area contributed by atoms with Crippen LogP contribution in [0.5, 0.6) is 0 Å². The Balaban J connectivity index is 1.34. The van der Waals surface area contributed by atoms with Gasteiger partial charge in [-0.05, 0) is 42.5 Å². The lowest BCUT2D eigenvalue weighted by Gasteiger charge is -2.30. The van der Waals surface area contributed by atoms with Gasteiger partial charge >= 0.3 is 0 Å². The number of ether oxygens (including phenoxy) is 1. The summed E-state index contributed by atoms with van der Waals surface area (Å²) in [6.45, 7) is 4.96. The van der Waals surface area contributed by atoms with Gasteiger partial charge in [0.15, 0.2) is 0 Å². The number of halogens is 1. The number of nitrogens with one attached hydrogen (secondary N) is 1. The summed E-state index contributed by atoms with van der Waals surface area (Å²) in [6.07, 6.45) is 0.922. The largest absolute Gasteiger partial charge is 0.378 e. The molecule has 1 fully saturated rings. The highest BCUT2D eigenvalue weighted by atomic mass is 19.1. The first-order valence-corrected chi connectivity index (χ1v) is 10.5. The van der Waals surface area contributed by atoms with Gasteiger partial charge in [0.2, 0.25) is 0 Å². The van der Waals surface area contributed by atoms with Crippen molar-refractivity contribution in [3.05, 3.63) is 65.6 Å². The van der Waals surface area contributed by atoms with Crippen LogP contribution in [0.25, 0.3) is 21.8 Å². The van der Waals surface area contributed by atoms with Crippen LogP contribution < -0.4 is 9.80 Å². The smallest absolute Gasteiger partial charge is 0.129 e. The van der Waals surface area contributed by atoms with Crippen molar-refractivity contribution in [2.75, 3.05) is 42.6 Å². The van der Waals surface area contributed by atoms with Gasteiger partial charge in [0, 0.05) is 65.8 Å². The van der Waals surface area contributed by atoms with Gasteiger partial charge < -0.3 is 19.5 Å². The number of morpholine rings is 1. The molecule has 0 atom stereocenters. The molecule has 0 unspecified atom stereocenters. The fourth-order valence-electron chi connectivity index (χ4n) is 4.67. The molecule has 6 heteroatoms. The molecule has 0 aliphatic carbocycles. The van der Waals surface area contributed by atoms with E-state index in [0.29, 0.717) is 0 Å². The highest BCUT2D eigenvalue weighted by Gasteiger charge is 2.22. The molecule has 0 bridgehead atoms. The van der Waals surface area contributed by atoms with Gasteiger partial charge in [0.05, 0.1) is 18.7 Å². The first-order valence-electron chi connectivity index (χ1n) is 10.5. The number of pyridine rings is 1. The Kier molecular flexibility index (Phi) is 4.13. The number of hydrogen-bond donors (Lipinski definition) is 1. The van der Waals surface area contributed by atoms with E-state index in [9.17, 15) is 4.39 Å². The number of rotatable bonds is 2. The molecule has 152 valence electrons. The minimum Gasteiger partial charge on any atom is -0.378 e. The van der Waals surface area contributed by atoms with Gasteiger partial charge in [-0.15, -0.1) is 0 Å². The normalized spacial score (nSPS) is 17.0. The maximum atomic E-state index is 13.8. The average Bonchev–Trinajstić information content (AvgIpc) is 3.16. The van der Waals surface area contributed by atoms with Crippen molar-refractivity contribution in [2.24, 2.45) is 0 Å². The summed E-state index contributed by atoms with van der Waals surface area (Å²) in [5.74, 6) is 0.822. The monoisotopic (exact) mass is 402 g/mol. The maximum Gasteiger partial charge on any atom is 0.129 e. The van der Waals surface area contributed by atoms with Crippen molar-refractivity contribution in [1.29, 1.82) is 0 Å². The Labute approximate surface area is 174 Å². The number of hydrogen-bond acceptors (Lipinski definition) is 4. The first kappa shape index (κ1) is 17.7. The summed E-state index contributed by atoms with van der Waals surface area (Å²) in [6, 6.07) is 15.7. The van der Waals surface area contributed by atoms with Gasteiger partial charge in [0.1, 0.15) is 11.6 Å². The lowest BCUT2D eigenvalue weighted by molar-refractivity contribution is 0.122. The van der Waals surface area contributed by atoms with Crippen molar-refractivity contribution in [3.8, 4) is 0 Å². The molecular formula is C24H23FN4O. The fourth-order valence-corrected chi connectivity index (χ4v) is 4.67. The zero-order chi connectivity index (χ0) is 20.1. The van der Waals surface area contributed by atoms with E-state index in [1.165, 1.54) is 17.3 Å². The van der Waals surface area contributed by atoms with E-state index < -0.39 is 0 Å². The van der Waals surface area contributed by atoms with Crippen molar-refractivity contribution in [3.63, 3.8) is 0 Å². The molecule has 2 aromatic carbocycles.